The third-order valence-corrected chi connectivity index (χ3v) is 5.46. The molecule has 25 heavy (non-hydrogen) atoms. The third-order valence-electron chi connectivity index (χ3n) is 4.97. The molecular formula is C20H18BrFN2O. The van der Waals surface area contributed by atoms with Gasteiger partial charge in [0.1, 0.15) is 0 Å². The van der Waals surface area contributed by atoms with Gasteiger partial charge in [-0.2, -0.15) is 0 Å². The highest BCUT2D eigenvalue weighted by molar-refractivity contribution is 9.10. The lowest BCUT2D eigenvalue weighted by Crippen LogP contribution is -2.69. The fraction of sp³-hybridized carbons (Fsp3) is 0.250. The summed E-state index contributed by atoms with van der Waals surface area (Å²) in [5.41, 5.74) is 0.489. The van der Waals surface area contributed by atoms with Crippen molar-refractivity contribution in [2.75, 3.05) is 11.4 Å². The van der Waals surface area contributed by atoms with Crippen LogP contribution in [0.2, 0.25) is 0 Å². The van der Waals surface area contributed by atoms with Crippen molar-refractivity contribution >= 4 is 33.6 Å². The normalized spacial score (nSPS) is 24.1. The van der Waals surface area contributed by atoms with E-state index in [1.807, 2.05) is 67.3 Å². The van der Waals surface area contributed by atoms with Gasteiger partial charge in [-0.25, -0.2) is 4.39 Å². The smallest absolute Gasteiger partial charge is 0.229 e. The van der Waals surface area contributed by atoms with Crippen molar-refractivity contribution in [2.24, 2.45) is 5.41 Å². The molecule has 5 heteroatoms. The quantitative estimate of drug-likeness (QED) is 0.758. The van der Waals surface area contributed by atoms with Gasteiger partial charge in [0.25, 0.3) is 0 Å². The summed E-state index contributed by atoms with van der Waals surface area (Å²) in [5.74, 6) is -0.537. The van der Waals surface area contributed by atoms with Crippen molar-refractivity contribution in [3.8, 4) is 0 Å². The summed E-state index contributed by atoms with van der Waals surface area (Å²) >= 11 is 3.45. The van der Waals surface area contributed by atoms with Crippen molar-refractivity contribution in [3.63, 3.8) is 0 Å². The first-order valence-electron chi connectivity index (χ1n) is 8.18. The second-order valence-corrected chi connectivity index (χ2v) is 8.11. The lowest BCUT2D eigenvalue weighted by atomic mass is 9.80. The Bertz CT molecular complexity index is 894. The maximum Gasteiger partial charge on any atom is 0.229 e. The number of anilines is 1. The van der Waals surface area contributed by atoms with Crippen LogP contribution in [0.15, 0.2) is 58.8 Å². The number of nitrogens with zero attached hydrogens (tertiary/aromatic N) is 1. The average molecular weight is 401 g/mol. The highest BCUT2D eigenvalue weighted by atomic mass is 79.9. The molecule has 0 spiro atoms. The molecule has 1 amide bonds. The minimum absolute atomic E-state index is 0.156. The van der Waals surface area contributed by atoms with E-state index in [4.69, 9.17) is 0 Å². The van der Waals surface area contributed by atoms with E-state index in [9.17, 15) is 4.79 Å². The van der Waals surface area contributed by atoms with E-state index in [2.05, 4.69) is 21.2 Å². The van der Waals surface area contributed by atoms with Gasteiger partial charge in [-0.1, -0.05) is 46.3 Å². The Morgan fingerprint density at radius 1 is 1.16 bits per heavy atom. The molecule has 0 aliphatic carbocycles. The Balaban J connectivity index is 2.00. The lowest BCUT2D eigenvalue weighted by Gasteiger charge is -2.54. The molecule has 1 N–H and O–H groups in total. The first-order chi connectivity index (χ1) is 11.8. The van der Waals surface area contributed by atoms with Gasteiger partial charge >= 0.3 is 0 Å². The van der Waals surface area contributed by atoms with E-state index in [1.54, 1.807) is 0 Å². The summed E-state index contributed by atoms with van der Waals surface area (Å²) in [5, 5.41) is 2.98. The van der Waals surface area contributed by atoms with E-state index in [1.165, 1.54) is 6.08 Å². The molecule has 1 unspecified atom stereocenters. The first kappa shape index (κ1) is 16.3. The second kappa shape index (κ2) is 5.43. The van der Waals surface area contributed by atoms with Crippen LogP contribution in [0.25, 0.3) is 6.08 Å². The summed E-state index contributed by atoms with van der Waals surface area (Å²) in [6, 6.07) is 15.1. The molecule has 4 rings (SSSR count). The number of benzene rings is 2. The highest BCUT2D eigenvalue weighted by Crippen LogP contribution is 2.48. The summed E-state index contributed by atoms with van der Waals surface area (Å²) in [4.78, 5) is 14.7. The summed E-state index contributed by atoms with van der Waals surface area (Å²) in [7, 11) is 0. The molecule has 1 saturated heterocycles. The Kier molecular flexibility index (Phi) is 3.55. The molecule has 3 nitrogen and oxygen atoms in total. The maximum atomic E-state index is 15.5. The van der Waals surface area contributed by atoms with Gasteiger partial charge in [-0.05, 0) is 38.1 Å². The molecule has 2 aromatic carbocycles. The molecule has 0 radical (unpaired) electrons. The summed E-state index contributed by atoms with van der Waals surface area (Å²) in [6.45, 7) is 4.18. The molecule has 2 heterocycles. The van der Waals surface area contributed by atoms with Gasteiger partial charge in [-0.15, -0.1) is 0 Å². The van der Waals surface area contributed by atoms with Crippen molar-refractivity contribution in [2.45, 2.75) is 19.5 Å². The van der Waals surface area contributed by atoms with Gasteiger partial charge in [0.05, 0.1) is 5.41 Å². The zero-order valence-corrected chi connectivity index (χ0v) is 15.6. The molecule has 0 saturated carbocycles. The number of carbonyl (C=O) groups excluding carboxylic acids is 1. The average Bonchev–Trinajstić information content (AvgIpc) is 2.57. The zero-order chi connectivity index (χ0) is 17.8. The van der Waals surface area contributed by atoms with E-state index < -0.39 is 11.1 Å². The van der Waals surface area contributed by atoms with Crippen LogP contribution < -0.4 is 10.2 Å². The molecule has 0 bridgehead atoms. The molecule has 2 aromatic rings. The zero-order valence-electron chi connectivity index (χ0n) is 14.0. The van der Waals surface area contributed by atoms with Crippen LogP contribution in [-0.4, -0.2) is 12.5 Å². The number of halogens is 2. The predicted octanol–water partition coefficient (Wildman–Crippen LogP) is 4.59. The second-order valence-electron chi connectivity index (χ2n) is 7.20. The fourth-order valence-electron chi connectivity index (χ4n) is 3.61. The summed E-state index contributed by atoms with van der Waals surface area (Å²) < 4.78 is 16.4. The fourth-order valence-corrected chi connectivity index (χ4v) is 3.99. The van der Waals surface area contributed by atoms with Crippen LogP contribution >= 0.6 is 15.9 Å². The number of rotatable bonds is 1. The van der Waals surface area contributed by atoms with E-state index in [0.717, 1.165) is 15.7 Å². The van der Waals surface area contributed by atoms with E-state index in [0.29, 0.717) is 12.1 Å². The maximum absolute atomic E-state index is 15.5. The number of hydrogen-bond acceptors (Lipinski definition) is 2. The van der Waals surface area contributed by atoms with Crippen molar-refractivity contribution < 1.29 is 9.18 Å². The molecular weight excluding hydrogens is 383 g/mol. The minimum atomic E-state index is -1.30. The van der Waals surface area contributed by atoms with Crippen LogP contribution in [0.3, 0.4) is 0 Å². The molecule has 2 aliphatic rings. The van der Waals surface area contributed by atoms with Gasteiger partial charge < -0.3 is 10.2 Å². The number of carbonyl (C=O) groups is 1. The lowest BCUT2D eigenvalue weighted by molar-refractivity contribution is -0.133. The molecule has 1 fully saturated rings. The van der Waals surface area contributed by atoms with E-state index in [-0.39, 0.29) is 11.7 Å². The Morgan fingerprint density at radius 3 is 2.60 bits per heavy atom. The largest absolute Gasteiger partial charge is 0.338 e. The minimum Gasteiger partial charge on any atom is -0.338 e. The van der Waals surface area contributed by atoms with Crippen LogP contribution in [-0.2, 0) is 10.5 Å². The van der Waals surface area contributed by atoms with Gasteiger partial charge in [0.15, 0.2) is 11.5 Å². The first-order valence-corrected chi connectivity index (χ1v) is 8.97. The Morgan fingerprint density at radius 2 is 1.88 bits per heavy atom. The van der Waals surface area contributed by atoms with Gasteiger partial charge in [-0.3, -0.25) is 4.79 Å². The van der Waals surface area contributed by atoms with E-state index >= 15 is 4.39 Å². The van der Waals surface area contributed by atoms with Crippen molar-refractivity contribution in [1.82, 2.24) is 5.32 Å². The van der Waals surface area contributed by atoms with Crippen LogP contribution in [0, 0.1) is 5.41 Å². The van der Waals surface area contributed by atoms with Crippen LogP contribution in [0.5, 0.6) is 0 Å². The molecule has 2 aliphatic heterocycles. The molecule has 128 valence electrons. The van der Waals surface area contributed by atoms with Gasteiger partial charge in [0.2, 0.25) is 5.91 Å². The van der Waals surface area contributed by atoms with Crippen molar-refractivity contribution in [3.05, 3.63) is 70.0 Å². The van der Waals surface area contributed by atoms with Crippen LogP contribution in [0.4, 0.5) is 10.1 Å². The number of hydrogen-bond donors (Lipinski definition) is 1. The molecule has 0 aromatic heterocycles. The van der Waals surface area contributed by atoms with Gasteiger partial charge in [0, 0.05) is 27.8 Å². The molecule has 1 atom stereocenters. The third kappa shape index (κ3) is 2.33. The van der Waals surface area contributed by atoms with Crippen LogP contribution in [0.1, 0.15) is 25.0 Å². The topological polar surface area (TPSA) is 32.3 Å². The highest BCUT2D eigenvalue weighted by Gasteiger charge is 2.54. The predicted molar refractivity (Wildman–Crippen MR) is 101 cm³/mol. The number of nitrogens with one attached hydrogen (secondary N) is 1. The number of fused-ring (bicyclic) bond motifs is 3. The Hall–Kier alpha value is -2.14. The number of amides is 1. The monoisotopic (exact) mass is 400 g/mol. The Labute approximate surface area is 154 Å². The van der Waals surface area contributed by atoms with Crippen molar-refractivity contribution in [1.29, 1.82) is 0 Å². The SMILES string of the molecule is CC1(C)CN2c3ccc(Br)cc3C=C(F)C2(c2ccccc2)NC1=O. The standard InChI is InChI=1S/C20H18BrFN2O/c1-19(2)12-24-16-9-8-15(21)10-13(16)11-17(22)20(24,23-18(19)25)14-6-4-3-5-7-14/h3-11H,12H2,1-2H3,(H,23,25). The summed E-state index contributed by atoms with van der Waals surface area (Å²) in [6.07, 6.45) is 1.52.